The first-order valence-electron chi connectivity index (χ1n) is 6.93. The SMILES string of the molecule is CCc1cc(C(=O)O)c(N2C(=O)C3CC=CCC3C2=O)s1. The Morgan fingerprint density at radius 2 is 1.86 bits per heavy atom. The lowest BCUT2D eigenvalue weighted by molar-refractivity contribution is -0.122. The number of carbonyl (C=O) groups is 3. The highest BCUT2D eigenvalue weighted by molar-refractivity contribution is 7.17. The van der Waals surface area contributed by atoms with Crippen molar-refractivity contribution in [2.75, 3.05) is 4.90 Å². The van der Waals surface area contributed by atoms with E-state index in [4.69, 9.17) is 0 Å². The minimum atomic E-state index is -1.10. The molecule has 0 spiro atoms. The number of carboxylic acid groups (broad SMARTS) is 1. The monoisotopic (exact) mass is 305 g/mol. The Bertz CT molecular complexity index is 635. The number of imide groups is 1. The van der Waals surface area contributed by atoms with E-state index in [2.05, 4.69) is 0 Å². The molecule has 1 aromatic heterocycles. The second-order valence-corrected chi connectivity index (χ2v) is 6.37. The summed E-state index contributed by atoms with van der Waals surface area (Å²) in [5.74, 6) is -2.30. The maximum atomic E-state index is 12.5. The summed E-state index contributed by atoms with van der Waals surface area (Å²) in [6.45, 7) is 1.92. The average Bonchev–Trinajstić information content (AvgIpc) is 3.00. The van der Waals surface area contributed by atoms with E-state index in [9.17, 15) is 19.5 Å². The maximum absolute atomic E-state index is 12.5. The van der Waals surface area contributed by atoms with Gasteiger partial charge in [-0.2, -0.15) is 0 Å². The molecule has 1 N–H and O–H groups in total. The van der Waals surface area contributed by atoms with E-state index >= 15 is 0 Å². The molecule has 0 saturated carbocycles. The molecule has 21 heavy (non-hydrogen) atoms. The van der Waals surface area contributed by atoms with Gasteiger partial charge in [-0.15, -0.1) is 11.3 Å². The highest BCUT2D eigenvalue weighted by Gasteiger charge is 2.49. The Hall–Kier alpha value is -1.95. The third-order valence-electron chi connectivity index (χ3n) is 4.05. The molecule has 2 unspecified atom stereocenters. The zero-order valence-corrected chi connectivity index (χ0v) is 12.4. The lowest BCUT2D eigenvalue weighted by atomic mass is 9.85. The van der Waals surface area contributed by atoms with Gasteiger partial charge < -0.3 is 5.11 Å². The Kier molecular flexibility index (Phi) is 3.41. The number of amides is 2. The van der Waals surface area contributed by atoms with Crippen molar-refractivity contribution < 1.29 is 19.5 Å². The van der Waals surface area contributed by atoms with E-state index in [1.165, 1.54) is 11.3 Å². The van der Waals surface area contributed by atoms with Gasteiger partial charge in [-0.05, 0) is 25.3 Å². The molecule has 1 aliphatic heterocycles. The number of carboxylic acids is 1. The third kappa shape index (κ3) is 2.10. The van der Waals surface area contributed by atoms with Gasteiger partial charge in [0, 0.05) is 4.88 Å². The van der Waals surface area contributed by atoms with E-state index in [1.807, 2.05) is 19.1 Å². The van der Waals surface area contributed by atoms with Crippen LogP contribution in [0.3, 0.4) is 0 Å². The quantitative estimate of drug-likeness (QED) is 0.687. The van der Waals surface area contributed by atoms with Gasteiger partial charge in [-0.3, -0.25) is 9.59 Å². The molecule has 1 saturated heterocycles. The van der Waals surface area contributed by atoms with Gasteiger partial charge in [0.25, 0.3) is 0 Å². The number of fused-ring (bicyclic) bond motifs is 1. The second-order valence-electron chi connectivity index (χ2n) is 5.26. The summed E-state index contributed by atoms with van der Waals surface area (Å²) in [6.07, 6.45) is 5.62. The fourth-order valence-corrected chi connectivity index (χ4v) is 4.02. The van der Waals surface area contributed by atoms with Crippen LogP contribution >= 0.6 is 11.3 Å². The predicted molar refractivity (Wildman–Crippen MR) is 78.5 cm³/mol. The highest BCUT2D eigenvalue weighted by Crippen LogP contribution is 2.42. The zero-order valence-electron chi connectivity index (χ0n) is 11.5. The smallest absolute Gasteiger partial charge is 0.338 e. The molecule has 1 aromatic rings. The van der Waals surface area contributed by atoms with Crippen molar-refractivity contribution in [3.63, 3.8) is 0 Å². The molecule has 0 bridgehead atoms. The Morgan fingerprint density at radius 3 is 2.33 bits per heavy atom. The van der Waals surface area contributed by atoms with Gasteiger partial charge in [0.2, 0.25) is 11.8 Å². The summed E-state index contributed by atoms with van der Waals surface area (Å²) in [7, 11) is 0. The van der Waals surface area contributed by atoms with E-state index < -0.39 is 5.97 Å². The molecule has 6 heteroatoms. The van der Waals surface area contributed by atoms with Crippen molar-refractivity contribution in [2.45, 2.75) is 26.2 Å². The number of anilines is 1. The van der Waals surface area contributed by atoms with Crippen LogP contribution in [-0.2, 0) is 16.0 Å². The number of carbonyl (C=O) groups excluding carboxylic acids is 2. The Morgan fingerprint density at radius 1 is 1.29 bits per heavy atom. The molecule has 5 nitrogen and oxygen atoms in total. The molecule has 3 rings (SSSR count). The molecule has 0 radical (unpaired) electrons. The van der Waals surface area contributed by atoms with E-state index in [1.54, 1.807) is 6.07 Å². The van der Waals surface area contributed by atoms with E-state index in [-0.39, 0.29) is 34.2 Å². The number of rotatable bonds is 3. The molecule has 110 valence electrons. The van der Waals surface area contributed by atoms with Crippen molar-refractivity contribution >= 4 is 34.1 Å². The summed E-state index contributed by atoms with van der Waals surface area (Å²) in [5, 5.41) is 9.58. The van der Waals surface area contributed by atoms with E-state index in [0.29, 0.717) is 19.3 Å². The maximum Gasteiger partial charge on any atom is 0.338 e. The van der Waals surface area contributed by atoms with Crippen molar-refractivity contribution in [3.8, 4) is 0 Å². The lowest BCUT2D eigenvalue weighted by Gasteiger charge is -2.14. The summed E-state index contributed by atoms with van der Waals surface area (Å²) in [6, 6.07) is 1.56. The Balaban J connectivity index is 2.05. The third-order valence-corrected chi connectivity index (χ3v) is 5.32. The molecule has 2 heterocycles. The van der Waals surface area contributed by atoms with Gasteiger partial charge >= 0.3 is 5.97 Å². The van der Waals surface area contributed by atoms with Crippen molar-refractivity contribution in [3.05, 3.63) is 28.7 Å². The van der Waals surface area contributed by atoms with E-state index in [0.717, 1.165) is 9.78 Å². The number of thiophene rings is 1. The molecule has 2 aliphatic rings. The van der Waals surface area contributed by atoms with Crippen molar-refractivity contribution in [1.82, 2.24) is 0 Å². The van der Waals surface area contributed by atoms with Gasteiger partial charge in [-0.25, -0.2) is 9.69 Å². The first-order chi connectivity index (χ1) is 10.0. The molecule has 1 fully saturated rings. The van der Waals surface area contributed by atoms with Crippen LogP contribution in [0.2, 0.25) is 0 Å². The lowest BCUT2D eigenvalue weighted by Crippen LogP contribution is -2.31. The normalized spacial score (nSPS) is 24.5. The standard InChI is InChI=1S/C15H15NO4S/c1-2-8-7-11(15(19)20)14(21-8)16-12(17)9-5-3-4-6-10(9)13(16)18/h3-4,7,9-10H,2,5-6H2,1H3,(H,19,20). The van der Waals surface area contributed by atoms with Crippen LogP contribution in [0.5, 0.6) is 0 Å². The van der Waals surface area contributed by atoms with Crippen LogP contribution in [0.4, 0.5) is 5.00 Å². The van der Waals surface area contributed by atoms with Crippen LogP contribution < -0.4 is 4.90 Å². The second kappa shape index (κ2) is 5.11. The van der Waals surface area contributed by atoms with Crippen molar-refractivity contribution in [2.24, 2.45) is 11.8 Å². The molecule has 0 aromatic carbocycles. The van der Waals surface area contributed by atoms with Gasteiger partial charge in [0.1, 0.15) is 5.00 Å². The molecule has 2 atom stereocenters. The summed E-state index contributed by atoms with van der Waals surface area (Å²) in [4.78, 5) is 38.4. The molecule has 1 aliphatic carbocycles. The summed E-state index contributed by atoms with van der Waals surface area (Å²) in [5.41, 5.74) is 0.0464. The first kappa shape index (κ1) is 14.0. The fourth-order valence-electron chi connectivity index (χ4n) is 2.93. The number of nitrogens with zero attached hydrogens (tertiary/aromatic N) is 1. The largest absolute Gasteiger partial charge is 0.478 e. The highest BCUT2D eigenvalue weighted by atomic mass is 32.1. The van der Waals surface area contributed by atoms with Crippen LogP contribution in [0.15, 0.2) is 18.2 Å². The van der Waals surface area contributed by atoms with Crippen LogP contribution in [-0.4, -0.2) is 22.9 Å². The summed E-state index contributed by atoms with van der Waals surface area (Å²) >= 11 is 1.22. The topological polar surface area (TPSA) is 74.7 Å². The predicted octanol–water partition coefficient (Wildman–Crippen LogP) is 2.46. The van der Waals surface area contributed by atoms with Crippen LogP contribution in [0, 0.1) is 11.8 Å². The number of hydrogen-bond acceptors (Lipinski definition) is 4. The number of aryl methyl sites for hydroxylation is 1. The molecule has 2 amide bonds. The number of hydrogen-bond donors (Lipinski definition) is 1. The molecular formula is C15H15NO4S. The fraction of sp³-hybridized carbons (Fsp3) is 0.400. The average molecular weight is 305 g/mol. The number of aromatic carboxylic acids is 1. The van der Waals surface area contributed by atoms with Gasteiger partial charge in [0.15, 0.2) is 0 Å². The van der Waals surface area contributed by atoms with Crippen LogP contribution in [0.25, 0.3) is 0 Å². The Labute approximate surface area is 125 Å². The first-order valence-corrected chi connectivity index (χ1v) is 7.75. The van der Waals surface area contributed by atoms with Gasteiger partial charge in [0.05, 0.1) is 17.4 Å². The zero-order chi connectivity index (χ0) is 15.1. The van der Waals surface area contributed by atoms with Crippen LogP contribution in [0.1, 0.15) is 35.0 Å². The minimum absolute atomic E-state index is 0.0464. The minimum Gasteiger partial charge on any atom is -0.478 e. The van der Waals surface area contributed by atoms with Gasteiger partial charge in [-0.1, -0.05) is 19.1 Å². The van der Waals surface area contributed by atoms with Crippen molar-refractivity contribution in [1.29, 1.82) is 0 Å². The number of allylic oxidation sites excluding steroid dienone is 2. The molecular weight excluding hydrogens is 290 g/mol. The summed E-state index contributed by atoms with van der Waals surface area (Å²) < 4.78 is 0.